The van der Waals surface area contributed by atoms with Crippen molar-refractivity contribution in [1.82, 2.24) is 14.7 Å². The number of hydrogen-bond acceptors (Lipinski definition) is 8. The van der Waals surface area contributed by atoms with Gasteiger partial charge in [-0.25, -0.2) is 0 Å². The molecule has 3 aliphatic rings. The van der Waals surface area contributed by atoms with Crippen molar-refractivity contribution in [2.45, 2.75) is 63.3 Å². The summed E-state index contributed by atoms with van der Waals surface area (Å²) in [6.45, 7) is 3.21. The van der Waals surface area contributed by atoms with Crippen molar-refractivity contribution in [3.05, 3.63) is 52.2 Å². The first-order chi connectivity index (χ1) is 19.0. The van der Waals surface area contributed by atoms with Gasteiger partial charge in [-0.05, 0) is 50.5 Å². The molecule has 2 aromatic carbocycles. The fourth-order valence-electron chi connectivity index (χ4n) is 5.68. The predicted octanol–water partition coefficient (Wildman–Crippen LogP) is 5.14. The number of aromatic nitrogens is 2. The first-order valence-electron chi connectivity index (χ1n) is 13.9. The number of rotatable bonds is 11. The highest BCUT2D eigenvalue weighted by Crippen LogP contribution is 2.37. The molecule has 10 heteroatoms. The molecule has 1 aliphatic heterocycles. The van der Waals surface area contributed by atoms with Gasteiger partial charge in [-0.3, -0.25) is 19.7 Å². The molecule has 0 spiro atoms. The van der Waals surface area contributed by atoms with Crippen molar-refractivity contribution in [3.8, 4) is 17.2 Å². The molecule has 0 N–H and O–H groups in total. The summed E-state index contributed by atoms with van der Waals surface area (Å²) in [5.41, 5.74) is 1.91. The lowest BCUT2D eigenvalue weighted by atomic mass is 9.92. The molecule has 2 aliphatic carbocycles. The molecule has 0 bridgehead atoms. The summed E-state index contributed by atoms with van der Waals surface area (Å²) < 4.78 is 25.0. The van der Waals surface area contributed by atoms with Crippen LogP contribution in [-0.4, -0.2) is 65.7 Å². The van der Waals surface area contributed by atoms with E-state index in [1.54, 1.807) is 26.4 Å². The topological polar surface area (TPSA) is 101 Å². The average Bonchev–Trinajstić information content (AvgIpc) is 3.67. The van der Waals surface area contributed by atoms with E-state index in [9.17, 15) is 10.1 Å². The predicted molar refractivity (Wildman–Crippen MR) is 146 cm³/mol. The highest BCUT2D eigenvalue weighted by atomic mass is 16.6. The molecule has 0 amide bonds. The van der Waals surface area contributed by atoms with E-state index in [2.05, 4.69) is 11.0 Å². The minimum Gasteiger partial charge on any atom is -0.497 e. The van der Waals surface area contributed by atoms with Crippen LogP contribution in [0, 0.1) is 16.0 Å². The zero-order valence-corrected chi connectivity index (χ0v) is 22.6. The van der Waals surface area contributed by atoms with Crippen LogP contribution in [0.1, 0.15) is 50.1 Å². The second kappa shape index (κ2) is 11.0. The van der Waals surface area contributed by atoms with Gasteiger partial charge in [0.15, 0.2) is 5.75 Å². The lowest BCUT2D eigenvalue weighted by Crippen LogP contribution is -2.52. The van der Waals surface area contributed by atoms with Gasteiger partial charge in [0.25, 0.3) is 0 Å². The van der Waals surface area contributed by atoms with Gasteiger partial charge < -0.3 is 18.9 Å². The number of likely N-dealkylation sites (tertiary alicyclic amines) is 1. The average molecular weight is 537 g/mol. The SMILES string of the molecule is COc1ccc(CN2CC(OC3CCC(n4cc5cc([N+](=O)[O-])c(OCC6CC6)cc5n4)CC3)C2)c(OC)c1. The van der Waals surface area contributed by atoms with Crippen LogP contribution >= 0.6 is 0 Å². The van der Waals surface area contributed by atoms with Crippen molar-refractivity contribution in [3.63, 3.8) is 0 Å². The summed E-state index contributed by atoms with van der Waals surface area (Å²) in [7, 11) is 3.35. The number of ether oxygens (including phenoxy) is 4. The van der Waals surface area contributed by atoms with Crippen LogP contribution in [0.2, 0.25) is 0 Å². The van der Waals surface area contributed by atoms with Crippen molar-refractivity contribution in [2.24, 2.45) is 5.92 Å². The smallest absolute Gasteiger partial charge is 0.311 e. The highest BCUT2D eigenvalue weighted by Gasteiger charge is 2.33. The molecule has 0 unspecified atom stereocenters. The van der Waals surface area contributed by atoms with Crippen LogP contribution in [0.5, 0.6) is 17.2 Å². The number of benzene rings is 2. The number of fused-ring (bicyclic) bond motifs is 1. The standard InChI is InChI=1S/C29H36N4O6/c1-36-24-8-5-20(28(12-24)37-2)14-31-16-25(17-31)39-23-9-6-22(7-10-23)32-15-21-11-27(33(34)35)29(13-26(21)30-32)38-18-19-3-4-19/h5,8,11-13,15,19,22-23,25H,3-4,6-7,9-10,14,16-18H2,1-2H3. The third-order valence-corrected chi connectivity index (χ3v) is 8.19. The Morgan fingerprint density at radius 1 is 0.974 bits per heavy atom. The maximum absolute atomic E-state index is 11.6. The molecule has 0 atom stereocenters. The molecular formula is C29H36N4O6. The largest absolute Gasteiger partial charge is 0.497 e. The summed E-state index contributed by atoms with van der Waals surface area (Å²) in [5, 5.41) is 17.2. The summed E-state index contributed by atoms with van der Waals surface area (Å²) in [5.74, 6) is 2.49. The fraction of sp³-hybridized carbons (Fsp3) is 0.552. The van der Waals surface area contributed by atoms with Gasteiger partial charge >= 0.3 is 5.69 Å². The first-order valence-corrected chi connectivity index (χ1v) is 13.9. The van der Waals surface area contributed by atoms with Gasteiger partial charge in [-0.2, -0.15) is 5.10 Å². The van der Waals surface area contributed by atoms with Crippen molar-refractivity contribution >= 4 is 16.6 Å². The second-order valence-electron chi connectivity index (χ2n) is 11.1. The molecule has 1 saturated heterocycles. The molecule has 1 aromatic heterocycles. The van der Waals surface area contributed by atoms with Crippen LogP contribution in [0.4, 0.5) is 5.69 Å². The van der Waals surface area contributed by atoms with Crippen LogP contribution in [0.3, 0.4) is 0 Å². The molecule has 208 valence electrons. The normalized spacial score (nSPS) is 22.0. The number of hydrogen-bond donors (Lipinski definition) is 0. The number of nitrogens with zero attached hydrogens (tertiary/aromatic N) is 4. The minimum absolute atomic E-state index is 0.0137. The monoisotopic (exact) mass is 536 g/mol. The Balaban J connectivity index is 1.00. The Morgan fingerprint density at radius 3 is 2.46 bits per heavy atom. The van der Waals surface area contributed by atoms with E-state index in [0.717, 1.165) is 86.1 Å². The summed E-state index contributed by atoms with van der Waals surface area (Å²) >= 11 is 0. The Morgan fingerprint density at radius 2 is 1.77 bits per heavy atom. The van der Waals surface area contributed by atoms with E-state index in [0.29, 0.717) is 18.3 Å². The van der Waals surface area contributed by atoms with E-state index in [4.69, 9.17) is 24.0 Å². The van der Waals surface area contributed by atoms with Crippen molar-refractivity contribution < 1.29 is 23.9 Å². The highest BCUT2D eigenvalue weighted by molar-refractivity contribution is 5.83. The molecule has 2 saturated carbocycles. The zero-order valence-electron chi connectivity index (χ0n) is 22.6. The molecule has 39 heavy (non-hydrogen) atoms. The fourth-order valence-corrected chi connectivity index (χ4v) is 5.68. The summed E-state index contributed by atoms with van der Waals surface area (Å²) in [6, 6.07) is 9.55. The van der Waals surface area contributed by atoms with Gasteiger partial charge in [0, 0.05) is 55.0 Å². The number of nitro benzene ring substituents is 1. The van der Waals surface area contributed by atoms with E-state index in [-0.39, 0.29) is 28.9 Å². The quantitative estimate of drug-likeness (QED) is 0.245. The van der Waals surface area contributed by atoms with Crippen molar-refractivity contribution in [1.29, 1.82) is 0 Å². The van der Waals surface area contributed by atoms with Crippen molar-refractivity contribution in [2.75, 3.05) is 33.9 Å². The Hall–Kier alpha value is -3.37. The molecule has 2 heterocycles. The van der Waals surface area contributed by atoms with Gasteiger partial charge in [-0.15, -0.1) is 0 Å². The molecule has 0 radical (unpaired) electrons. The third-order valence-electron chi connectivity index (χ3n) is 8.19. The Labute approximate surface area is 227 Å². The number of nitro groups is 1. The van der Waals surface area contributed by atoms with Gasteiger partial charge in [0.05, 0.1) is 49.5 Å². The van der Waals surface area contributed by atoms with Gasteiger partial charge in [-0.1, -0.05) is 6.07 Å². The maximum Gasteiger partial charge on any atom is 0.311 e. The van der Waals surface area contributed by atoms with Crippen LogP contribution in [0.25, 0.3) is 10.9 Å². The molecule has 10 nitrogen and oxygen atoms in total. The van der Waals surface area contributed by atoms with Crippen LogP contribution in [0.15, 0.2) is 36.5 Å². The third kappa shape index (κ3) is 5.81. The molecule has 6 rings (SSSR count). The second-order valence-corrected chi connectivity index (χ2v) is 11.1. The molecule has 3 aromatic rings. The van der Waals surface area contributed by atoms with Crippen LogP contribution < -0.4 is 14.2 Å². The minimum atomic E-state index is -0.364. The van der Waals surface area contributed by atoms with Crippen LogP contribution in [-0.2, 0) is 11.3 Å². The number of methoxy groups -OCH3 is 2. The summed E-state index contributed by atoms with van der Waals surface area (Å²) in [4.78, 5) is 13.6. The van der Waals surface area contributed by atoms with E-state index in [1.165, 1.54) is 0 Å². The maximum atomic E-state index is 11.6. The lowest BCUT2D eigenvalue weighted by Gasteiger charge is -2.42. The van der Waals surface area contributed by atoms with Gasteiger partial charge in [0.2, 0.25) is 0 Å². The van der Waals surface area contributed by atoms with E-state index >= 15 is 0 Å². The molecule has 3 fully saturated rings. The Bertz CT molecular complexity index is 1320. The van der Waals surface area contributed by atoms with E-state index in [1.807, 2.05) is 23.0 Å². The van der Waals surface area contributed by atoms with Gasteiger partial charge in [0.1, 0.15) is 11.5 Å². The van der Waals surface area contributed by atoms with E-state index < -0.39 is 0 Å². The summed E-state index contributed by atoms with van der Waals surface area (Å²) in [6.07, 6.45) is 8.66. The zero-order chi connectivity index (χ0) is 26.9. The Kier molecular flexibility index (Phi) is 7.31. The molecular weight excluding hydrogens is 500 g/mol. The first kappa shape index (κ1) is 25.9. The lowest BCUT2D eigenvalue weighted by molar-refractivity contribution is -0.385.